The van der Waals surface area contributed by atoms with Gasteiger partial charge in [-0.15, -0.1) is 10.2 Å². The Hall–Kier alpha value is -2.82. The Morgan fingerprint density at radius 3 is 2.61 bits per heavy atom. The SMILES string of the molecule is C=N/C(=C\n1c(C)nnc1C(F)(F)OCC)c1ccc(O[C@@H](C)C(F)F)nc1. The lowest BCUT2D eigenvalue weighted by Gasteiger charge is -2.15. The molecule has 0 aliphatic carbocycles. The Labute approximate surface area is 158 Å². The zero-order valence-electron chi connectivity index (χ0n) is 15.4. The molecule has 0 N–H and O–H groups in total. The molecule has 2 heterocycles. The van der Waals surface area contributed by atoms with Crippen LogP contribution in [0.3, 0.4) is 0 Å². The molecular formula is C17H19F4N5O2. The monoisotopic (exact) mass is 401 g/mol. The lowest BCUT2D eigenvalue weighted by Crippen LogP contribution is -2.22. The average Bonchev–Trinajstić information content (AvgIpc) is 3.01. The molecule has 7 nitrogen and oxygen atoms in total. The van der Waals surface area contributed by atoms with Crippen molar-refractivity contribution in [2.45, 2.75) is 39.4 Å². The minimum Gasteiger partial charge on any atom is -0.469 e. The van der Waals surface area contributed by atoms with Crippen molar-refractivity contribution in [2.75, 3.05) is 6.61 Å². The zero-order valence-corrected chi connectivity index (χ0v) is 15.4. The van der Waals surface area contributed by atoms with Crippen molar-refractivity contribution in [2.24, 2.45) is 4.99 Å². The van der Waals surface area contributed by atoms with Crippen molar-refractivity contribution < 1.29 is 27.0 Å². The molecule has 0 aromatic carbocycles. The number of hydrogen-bond acceptors (Lipinski definition) is 6. The van der Waals surface area contributed by atoms with Crippen LogP contribution in [0.1, 0.15) is 31.1 Å². The van der Waals surface area contributed by atoms with E-state index in [1.165, 1.54) is 45.3 Å². The first-order chi connectivity index (χ1) is 13.2. The van der Waals surface area contributed by atoms with Gasteiger partial charge in [0.15, 0.2) is 6.10 Å². The van der Waals surface area contributed by atoms with E-state index >= 15 is 0 Å². The first-order valence-electron chi connectivity index (χ1n) is 8.23. The molecule has 0 saturated carbocycles. The van der Waals surface area contributed by atoms with Gasteiger partial charge >= 0.3 is 6.11 Å². The number of rotatable bonds is 9. The molecule has 0 aliphatic rings. The van der Waals surface area contributed by atoms with Crippen molar-refractivity contribution in [3.05, 3.63) is 35.5 Å². The molecule has 0 saturated heterocycles. The molecule has 28 heavy (non-hydrogen) atoms. The van der Waals surface area contributed by atoms with E-state index in [9.17, 15) is 17.6 Å². The fourth-order valence-electron chi connectivity index (χ4n) is 2.14. The van der Waals surface area contributed by atoms with Gasteiger partial charge in [-0.2, -0.15) is 8.78 Å². The van der Waals surface area contributed by atoms with Crippen molar-refractivity contribution in [3.63, 3.8) is 0 Å². The van der Waals surface area contributed by atoms with Crippen LogP contribution < -0.4 is 4.74 Å². The van der Waals surface area contributed by atoms with E-state index in [0.717, 1.165) is 4.57 Å². The summed E-state index contributed by atoms with van der Waals surface area (Å²) < 4.78 is 63.8. The highest BCUT2D eigenvalue weighted by molar-refractivity contribution is 5.76. The maximum atomic E-state index is 14.1. The second kappa shape index (κ2) is 8.91. The molecule has 0 amide bonds. The van der Waals surface area contributed by atoms with Gasteiger partial charge in [0.2, 0.25) is 11.7 Å². The van der Waals surface area contributed by atoms with E-state index in [1.54, 1.807) is 0 Å². The highest BCUT2D eigenvalue weighted by Crippen LogP contribution is 2.29. The van der Waals surface area contributed by atoms with Gasteiger partial charge in [0.1, 0.15) is 5.82 Å². The largest absolute Gasteiger partial charge is 0.469 e. The maximum Gasteiger partial charge on any atom is 0.418 e. The Morgan fingerprint density at radius 2 is 2.07 bits per heavy atom. The number of alkyl halides is 4. The number of pyridine rings is 1. The van der Waals surface area contributed by atoms with Gasteiger partial charge in [-0.1, -0.05) is 0 Å². The van der Waals surface area contributed by atoms with Crippen LogP contribution in [0.4, 0.5) is 17.6 Å². The second-order valence-corrected chi connectivity index (χ2v) is 5.61. The third kappa shape index (κ3) is 4.91. The third-order valence-electron chi connectivity index (χ3n) is 3.57. The summed E-state index contributed by atoms with van der Waals surface area (Å²) in [7, 11) is 0. The average molecular weight is 401 g/mol. The number of aliphatic imine (C=N–C) groups is 1. The molecule has 0 fully saturated rings. The Morgan fingerprint density at radius 1 is 1.36 bits per heavy atom. The van der Waals surface area contributed by atoms with Crippen LogP contribution >= 0.6 is 0 Å². The molecule has 2 aromatic heterocycles. The normalized spacial score (nSPS) is 13.6. The summed E-state index contributed by atoms with van der Waals surface area (Å²) in [4.78, 5) is 7.74. The summed E-state index contributed by atoms with van der Waals surface area (Å²) in [6.07, 6.45) is -5.08. The molecule has 0 aliphatic heterocycles. The summed E-state index contributed by atoms with van der Waals surface area (Å²) in [5, 5.41) is 7.12. The van der Waals surface area contributed by atoms with Gasteiger partial charge in [-0.25, -0.2) is 13.8 Å². The van der Waals surface area contributed by atoms with Crippen LogP contribution in [-0.2, 0) is 10.8 Å². The lowest BCUT2D eigenvalue weighted by atomic mass is 10.2. The fraction of sp³-hybridized carbons (Fsp3) is 0.412. The first kappa shape index (κ1) is 21.5. The van der Waals surface area contributed by atoms with Crippen LogP contribution in [0.5, 0.6) is 5.88 Å². The van der Waals surface area contributed by atoms with Gasteiger partial charge < -0.3 is 9.47 Å². The third-order valence-corrected chi connectivity index (χ3v) is 3.57. The predicted molar refractivity (Wildman–Crippen MR) is 94.3 cm³/mol. The molecule has 2 rings (SSSR count). The van der Waals surface area contributed by atoms with E-state index in [1.807, 2.05) is 0 Å². The van der Waals surface area contributed by atoms with Crippen LogP contribution in [0.2, 0.25) is 0 Å². The molecule has 1 atom stereocenters. The van der Waals surface area contributed by atoms with E-state index in [4.69, 9.17) is 4.74 Å². The molecular weight excluding hydrogens is 382 g/mol. The van der Waals surface area contributed by atoms with Gasteiger partial charge in [0.05, 0.1) is 12.3 Å². The number of ether oxygens (including phenoxy) is 2. The molecule has 0 radical (unpaired) electrons. The number of hydrogen-bond donors (Lipinski definition) is 0. The van der Waals surface area contributed by atoms with Gasteiger partial charge in [0.25, 0.3) is 6.43 Å². The van der Waals surface area contributed by atoms with E-state index in [0.29, 0.717) is 5.56 Å². The van der Waals surface area contributed by atoms with Crippen molar-refractivity contribution >= 4 is 18.6 Å². The van der Waals surface area contributed by atoms with E-state index in [-0.39, 0.29) is 24.0 Å². The number of halogens is 4. The van der Waals surface area contributed by atoms with Crippen molar-refractivity contribution in [1.29, 1.82) is 0 Å². The molecule has 0 spiro atoms. The fourth-order valence-corrected chi connectivity index (χ4v) is 2.14. The van der Waals surface area contributed by atoms with Crippen molar-refractivity contribution in [3.8, 4) is 5.88 Å². The molecule has 2 aromatic rings. The Kier molecular flexibility index (Phi) is 6.84. The summed E-state index contributed by atoms with van der Waals surface area (Å²) in [6.45, 7) is 7.32. The smallest absolute Gasteiger partial charge is 0.418 e. The molecule has 0 bridgehead atoms. The molecule has 0 unspecified atom stereocenters. The van der Waals surface area contributed by atoms with Crippen molar-refractivity contribution in [1.82, 2.24) is 19.7 Å². The number of aromatic nitrogens is 4. The van der Waals surface area contributed by atoms with E-state index in [2.05, 4.69) is 31.6 Å². The van der Waals surface area contributed by atoms with Crippen LogP contribution in [-0.4, -0.2) is 45.6 Å². The summed E-state index contributed by atoms with van der Waals surface area (Å²) >= 11 is 0. The quantitative estimate of drug-likeness (QED) is 0.473. The van der Waals surface area contributed by atoms with Crippen LogP contribution in [0.15, 0.2) is 23.3 Å². The topological polar surface area (TPSA) is 74.4 Å². The van der Waals surface area contributed by atoms with Gasteiger partial charge in [0, 0.05) is 24.0 Å². The summed E-state index contributed by atoms with van der Waals surface area (Å²) in [5.41, 5.74) is 0.572. The Balaban J connectivity index is 2.35. The number of nitrogens with zero attached hydrogens (tertiary/aromatic N) is 5. The Bertz CT molecular complexity index is 837. The summed E-state index contributed by atoms with van der Waals surface area (Å²) in [5.74, 6) is -0.551. The minimum absolute atomic E-state index is 0.0102. The molecule has 11 heteroatoms. The zero-order chi connectivity index (χ0) is 20.9. The lowest BCUT2D eigenvalue weighted by molar-refractivity contribution is -0.252. The van der Waals surface area contributed by atoms with E-state index < -0.39 is 24.5 Å². The minimum atomic E-state index is -3.65. The van der Waals surface area contributed by atoms with Crippen LogP contribution in [0.25, 0.3) is 11.9 Å². The molecule has 152 valence electrons. The van der Waals surface area contributed by atoms with Gasteiger partial charge in [-0.05, 0) is 33.6 Å². The van der Waals surface area contributed by atoms with Gasteiger partial charge in [-0.3, -0.25) is 9.56 Å². The first-order valence-corrected chi connectivity index (χ1v) is 8.23. The number of aryl methyl sites for hydroxylation is 1. The second-order valence-electron chi connectivity index (χ2n) is 5.61. The summed E-state index contributed by atoms with van der Waals surface area (Å²) in [6, 6.07) is 2.85. The van der Waals surface area contributed by atoms with Crippen LogP contribution in [0, 0.1) is 6.92 Å². The maximum absolute atomic E-state index is 14.1. The standard InChI is InChI=1S/C17H19F4N5O2/c1-5-27-17(20,21)16-25-24-11(3)26(16)9-13(22-4)12-6-7-14(23-8-12)28-10(2)15(18)19/h6-10,15H,4-5H2,1-3H3/b13-9-/t10-/m0/s1. The highest BCUT2D eigenvalue weighted by Gasteiger charge is 2.39. The highest BCUT2D eigenvalue weighted by atomic mass is 19.3. The predicted octanol–water partition coefficient (Wildman–Crippen LogP) is 3.76.